The quantitative estimate of drug-likeness (QED) is 0.534. The lowest BCUT2D eigenvalue weighted by Crippen LogP contribution is -2.15. The van der Waals surface area contributed by atoms with Crippen LogP contribution < -0.4 is 5.32 Å². The SMILES string of the molecule is Cc1cc2[nH]ncc2cc1-c1ccc(NC(=O)c2c(F)cccc2F)cc1. The van der Waals surface area contributed by atoms with E-state index < -0.39 is 23.1 Å². The van der Waals surface area contributed by atoms with Gasteiger partial charge in [-0.2, -0.15) is 5.10 Å². The van der Waals surface area contributed by atoms with Crippen LogP contribution in [0, 0.1) is 18.6 Å². The zero-order valence-corrected chi connectivity index (χ0v) is 14.4. The number of carbonyl (C=O) groups is 1. The number of benzene rings is 3. The Labute approximate surface area is 153 Å². The first-order chi connectivity index (χ1) is 13.0. The minimum Gasteiger partial charge on any atom is -0.322 e. The van der Waals surface area contributed by atoms with Crippen LogP contribution in [0.2, 0.25) is 0 Å². The van der Waals surface area contributed by atoms with E-state index in [1.165, 1.54) is 6.07 Å². The average molecular weight is 363 g/mol. The number of hydrogen-bond donors (Lipinski definition) is 2. The van der Waals surface area contributed by atoms with Gasteiger partial charge >= 0.3 is 0 Å². The molecule has 0 atom stereocenters. The Morgan fingerprint density at radius 1 is 1.04 bits per heavy atom. The van der Waals surface area contributed by atoms with Crippen molar-refractivity contribution in [2.24, 2.45) is 0 Å². The highest BCUT2D eigenvalue weighted by atomic mass is 19.1. The largest absolute Gasteiger partial charge is 0.322 e. The summed E-state index contributed by atoms with van der Waals surface area (Å²) >= 11 is 0. The highest BCUT2D eigenvalue weighted by molar-refractivity contribution is 6.04. The summed E-state index contributed by atoms with van der Waals surface area (Å²) in [5.41, 5.74) is 3.91. The van der Waals surface area contributed by atoms with Crippen molar-refractivity contribution in [2.75, 3.05) is 5.32 Å². The maximum absolute atomic E-state index is 13.7. The number of fused-ring (bicyclic) bond motifs is 1. The van der Waals surface area contributed by atoms with E-state index in [4.69, 9.17) is 0 Å². The van der Waals surface area contributed by atoms with Gasteiger partial charge in [-0.05, 0) is 60.0 Å². The fourth-order valence-electron chi connectivity index (χ4n) is 3.05. The molecule has 6 heteroatoms. The molecule has 0 bridgehead atoms. The van der Waals surface area contributed by atoms with Crippen molar-refractivity contribution in [1.82, 2.24) is 10.2 Å². The highest BCUT2D eigenvalue weighted by Crippen LogP contribution is 2.28. The third-order valence-electron chi connectivity index (χ3n) is 4.43. The molecule has 0 aliphatic rings. The van der Waals surface area contributed by atoms with Gasteiger partial charge in [-0.15, -0.1) is 0 Å². The molecule has 4 aromatic rings. The molecule has 0 aliphatic carbocycles. The number of hydrogen-bond acceptors (Lipinski definition) is 2. The molecule has 0 radical (unpaired) electrons. The number of carbonyl (C=O) groups excluding carboxylic acids is 1. The summed E-state index contributed by atoms with van der Waals surface area (Å²) in [5.74, 6) is -2.62. The molecule has 1 amide bonds. The van der Waals surface area contributed by atoms with Crippen molar-refractivity contribution < 1.29 is 13.6 Å². The second kappa shape index (κ2) is 6.64. The fourth-order valence-corrected chi connectivity index (χ4v) is 3.05. The van der Waals surface area contributed by atoms with E-state index in [1.807, 2.05) is 31.2 Å². The number of nitrogens with zero attached hydrogens (tertiary/aromatic N) is 1. The molecule has 0 saturated heterocycles. The minimum atomic E-state index is -0.895. The van der Waals surface area contributed by atoms with Gasteiger partial charge < -0.3 is 5.32 Å². The van der Waals surface area contributed by atoms with Gasteiger partial charge in [0.2, 0.25) is 0 Å². The molecule has 4 nitrogen and oxygen atoms in total. The van der Waals surface area contributed by atoms with Crippen LogP contribution in [-0.2, 0) is 0 Å². The smallest absolute Gasteiger partial charge is 0.261 e. The van der Waals surface area contributed by atoms with Crippen LogP contribution in [0.4, 0.5) is 14.5 Å². The van der Waals surface area contributed by atoms with Crippen LogP contribution in [0.3, 0.4) is 0 Å². The Balaban J connectivity index is 1.60. The number of aromatic amines is 1. The first kappa shape index (κ1) is 16.9. The minimum absolute atomic E-state index is 0.452. The monoisotopic (exact) mass is 363 g/mol. The molecule has 0 saturated carbocycles. The van der Waals surface area contributed by atoms with Crippen molar-refractivity contribution in [3.8, 4) is 11.1 Å². The van der Waals surface area contributed by atoms with Gasteiger partial charge in [-0.3, -0.25) is 9.89 Å². The molecule has 3 aromatic carbocycles. The second-order valence-corrected chi connectivity index (χ2v) is 6.25. The number of rotatable bonds is 3. The number of H-pyrrole nitrogens is 1. The van der Waals surface area contributed by atoms with Crippen LogP contribution in [0.1, 0.15) is 15.9 Å². The van der Waals surface area contributed by atoms with E-state index in [2.05, 4.69) is 15.5 Å². The number of aryl methyl sites for hydroxylation is 1. The molecule has 0 aliphatic heterocycles. The van der Waals surface area contributed by atoms with Crippen molar-refractivity contribution in [1.29, 1.82) is 0 Å². The van der Waals surface area contributed by atoms with Crippen molar-refractivity contribution >= 4 is 22.5 Å². The van der Waals surface area contributed by atoms with Gasteiger partial charge in [0.1, 0.15) is 17.2 Å². The van der Waals surface area contributed by atoms with Gasteiger partial charge in [-0.1, -0.05) is 18.2 Å². The number of nitrogens with one attached hydrogen (secondary N) is 2. The molecule has 1 aromatic heterocycles. The van der Waals surface area contributed by atoms with E-state index >= 15 is 0 Å². The topological polar surface area (TPSA) is 57.8 Å². The maximum atomic E-state index is 13.7. The summed E-state index contributed by atoms with van der Waals surface area (Å²) in [6, 6.07) is 14.5. The molecule has 0 spiro atoms. The van der Waals surface area contributed by atoms with Gasteiger partial charge in [0.25, 0.3) is 5.91 Å². The van der Waals surface area contributed by atoms with E-state index in [9.17, 15) is 13.6 Å². The molecule has 2 N–H and O–H groups in total. The lowest BCUT2D eigenvalue weighted by Gasteiger charge is -2.10. The Morgan fingerprint density at radius 3 is 2.44 bits per heavy atom. The summed E-state index contributed by atoms with van der Waals surface area (Å²) in [7, 11) is 0. The average Bonchev–Trinajstić information content (AvgIpc) is 3.09. The highest BCUT2D eigenvalue weighted by Gasteiger charge is 2.17. The molecular formula is C21H15F2N3O. The summed E-state index contributed by atoms with van der Waals surface area (Å²) in [5, 5.41) is 10.5. The maximum Gasteiger partial charge on any atom is 0.261 e. The summed E-state index contributed by atoms with van der Waals surface area (Å²) < 4.78 is 27.5. The molecular weight excluding hydrogens is 348 g/mol. The fraction of sp³-hybridized carbons (Fsp3) is 0.0476. The van der Waals surface area contributed by atoms with Gasteiger partial charge in [-0.25, -0.2) is 8.78 Å². The van der Waals surface area contributed by atoms with Gasteiger partial charge in [0, 0.05) is 11.1 Å². The van der Waals surface area contributed by atoms with Crippen LogP contribution in [0.15, 0.2) is 60.8 Å². The predicted octanol–water partition coefficient (Wildman–Crippen LogP) is 5.07. The van der Waals surface area contributed by atoms with Gasteiger partial charge in [0.05, 0.1) is 11.7 Å². The number of amides is 1. The number of anilines is 1. The summed E-state index contributed by atoms with van der Waals surface area (Å²) in [6.07, 6.45) is 1.76. The molecule has 134 valence electrons. The summed E-state index contributed by atoms with van der Waals surface area (Å²) in [6.45, 7) is 2.01. The Hall–Kier alpha value is -3.54. The van der Waals surface area contributed by atoms with E-state index in [0.717, 1.165) is 39.7 Å². The Kier molecular flexibility index (Phi) is 4.16. The van der Waals surface area contributed by atoms with Crippen molar-refractivity contribution in [3.63, 3.8) is 0 Å². The Morgan fingerprint density at radius 2 is 1.74 bits per heavy atom. The van der Waals surface area contributed by atoms with E-state index in [-0.39, 0.29) is 0 Å². The lowest BCUT2D eigenvalue weighted by atomic mass is 9.98. The summed E-state index contributed by atoms with van der Waals surface area (Å²) in [4.78, 5) is 12.2. The molecule has 27 heavy (non-hydrogen) atoms. The van der Waals surface area contributed by atoms with Crippen molar-refractivity contribution in [2.45, 2.75) is 6.92 Å². The van der Waals surface area contributed by atoms with E-state index in [1.54, 1.807) is 18.3 Å². The van der Waals surface area contributed by atoms with Crippen LogP contribution in [-0.4, -0.2) is 16.1 Å². The van der Waals surface area contributed by atoms with Crippen LogP contribution in [0.25, 0.3) is 22.0 Å². The molecule has 0 fully saturated rings. The normalized spacial score (nSPS) is 10.9. The first-order valence-corrected chi connectivity index (χ1v) is 8.32. The lowest BCUT2D eigenvalue weighted by molar-refractivity contribution is 0.101. The van der Waals surface area contributed by atoms with Crippen molar-refractivity contribution in [3.05, 3.63) is 83.6 Å². The molecule has 0 unspecified atom stereocenters. The predicted molar refractivity (Wildman–Crippen MR) is 101 cm³/mol. The number of halogens is 2. The van der Waals surface area contributed by atoms with Crippen LogP contribution in [0.5, 0.6) is 0 Å². The second-order valence-electron chi connectivity index (χ2n) is 6.25. The third kappa shape index (κ3) is 3.17. The van der Waals surface area contributed by atoms with E-state index in [0.29, 0.717) is 5.69 Å². The molecule has 1 heterocycles. The zero-order chi connectivity index (χ0) is 19.0. The van der Waals surface area contributed by atoms with Gasteiger partial charge in [0.15, 0.2) is 0 Å². The number of aromatic nitrogens is 2. The standard InChI is InChI=1S/C21H15F2N3O/c1-12-9-19-14(11-24-26-19)10-16(12)13-5-7-15(8-6-13)25-21(27)20-17(22)3-2-4-18(20)23/h2-11H,1H3,(H,24,26)(H,25,27). The first-order valence-electron chi connectivity index (χ1n) is 8.32. The van der Waals surface area contributed by atoms with Crippen LogP contribution >= 0.6 is 0 Å². The molecule has 4 rings (SSSR count). The zero-order valence-electron chi connectivity index (χ0n) is 14.4. The Bertz CT molecular complexity index is 1130. The third-order valence-corrected chi connectivity index (χ3v) is 4.43.